The van der Waals surface area contributed by atoms with Crippen LogP contribution in [0.3, 0.4) is 0 Å². The van der Waals surface area contributed by atoms with Crippen molar-refractivity contribution in [2.24, 2.45) is 0 Å². The Morgan fingerprint density at radius 3 is 1.14 bits per heavy atom. The molecule has 0 aromatic heterocycles. The van der Waals surface area contributed by atoms with Crippen molar-refractivity contribution in [3.05, 3.63) is 30.3 Å². The molecule has 0 aliphatic heterocycles. The lowest BCUT2D eigenvalue weighted by Gasteiger charge is -2.42. The first-order chi connectivity index (χ1) is 17.2. The van der Waals surface area contributed by atoms with Crippen molar-refractivity contribution in [1.82, 2.24) is 0 Å². The van der Waals surface area contributed by atoms with Gasteiger partial charge in [0.2, 0.25) is 0 Å². The van der Waals surface area contributed by atoms with Crippen LogP contribution in [-0.4, -0.2) is 35.4 Å². The molecule has 0 saturated carbocycles. The van der Waals surface area contributed by atoms with Gasteiger partial charge in [0.1, 0.15) is 7.14 Å². The molecule has 0 spiro atoms. The molecule has 36 heavy (non-hydrogen) atoms. The van der Waals surface area contributed by atoms with Gasteiger partial charge in [-0.2, -0.15) is 0 Å². The topological polar surface area (TPSA) is 51.2 Å². The third-order valence-electron chi connectivity index (χ3n) is 7.79. The van der Waals surface area contributed by atoms with E-state index in [1.807, 2.05) is 30.3 Å². The van der Waals surface area contributed by atoms with Crippen LogP contribution in [0.5, 0.6) is 0 Å². The van der Waals surface area contributed by atoms with Gasteiger partial charge in [-0.15, -0.1) is 0 Å². The molecule has 0 heterocycles. The second-order valence-electron chi connectivity index (χ2n) is 10.8. The van der Waals surface area contributed by atoms with Crippen LogP contribution in [0.25, 0.3) is 0 Å². The Bertz CT molecular complexity index is 780. The summed E-state index contributed by atoms with van der Waals surface area (Å²) in [5.74, 6) is 0. The number of hydrogen-bond acceptors (Lipinski definition) is 3. The van der Waals surface area contributed by atoms with E-state index >= 15 is 13.7 Å². The van der Waals surface area contributed by atoms with E-state index in [-0.39, 0.29) is 10.8 Å². The van der Waals surface area contributed by atoms with Crippen LogP contribution < -0.4 is 5.30 Å². The first kappa shape index (κ1) is 33.9. The molecule has 0 bridgehead atoms. The van der Waals surface area contributed by atoms with Crippen molar-refractivity contribution < 1.29 is 13.7 Å². The van der Waals surface area contributed by atoms with Gasteiger partial charge in [-0.25, -0.2) is 0 Å². The zero-order chi connectivity index (χ0) is 27.1. The second-order valence-corrected chi connectivity index (χ2v) is 21.6. The molecular weight excluding hydrogens is 501 g/mol. The van der Waals surface area contributed by atoms with Gasteiger partial charge in [0, 0.05) is 30.0 Å². The van der Waals surface area contributed by atoms with Crippen LogP contribution in [0, 0.1) is 0 Å². The Morgan fingerprint density at radius 1 is 0.528 bits per heavy atom. The van der Waals surface area contributed by atoms with Gasteiger partial charge < -0.3 is 13.7 Å². The first-order valence-electron chi connectivity index (χ1n) is 15.0. The Kier molecular flexibility index (Phi) is 16.5. The lowest BCUT2D eigenvalue weighted by molar-refractivity contribution is 0.543. The highest BCUT2D eigenvalue weighted by Gasteiger charge is 2.54. The molecule has 3 nitrogen and oxygen atoms in total. The van der Waals surface area contributed by atoms with Crippen molar-refractivity contribution in [3.63, 3.8) is 0 Å². The van der Waals surface area contributed by atoms with E-state index in [0.717, 1.165) is 69.5 Å². The van der Waals surface area contributed by atoms with Crippen molar-refractivity contribution >= 4 is 26.7 Å². The predicted octanol–water partition coefficient (Wildman–Crippen LogP) is 10.9. The summed E-state index contributed by atoms with van der Waals surface area (Å²) >= 11 is 0. The van der Waals surface area contributed by atoms with Crippen molar-refractivity contribution in [3.8, 4) is 0 Å². The standard InChI is InChI=1S/C30H57O3P3/c1-7-13-24-34(31,25-14-8-2)29(20-11-5)36(33,28-22-18-17-19-23-28)30(21-12-6)35(32,26-15-9-3)27-16-10-4/h17-19,22-23,29-30H,7-16,20-21,24-27H2,1-6H3/t29-,30+,36?. The number of rotatable bonds is 21. The minimum Gasteiger partial charge on any atom is -0.323 e. The molecule has 0 fully saturated rings. The number of unbranched alkanes of at least 4 members (excludes halogenated alkanes) is 4. The van der Waals surface area contributed by atoms with Crippen LogP contribution in [0.1, 0.15) is 119 Å². The largest absolute Gasteiger partial charge is 0.323 e. The summed E-state index contributed by atoms with van der Waals surface area (Å²) in [6.45, 7) is 12.9. The third-order valence-corrected chi connectivity index (χ3v) is 22.7. The van der Waals surface area contributed by atoms with Gasteiger partial charge in [0.15, 0.2) is 0 Å². The molecule has 210 valence electrons. The van der Waals surface area contributed by atoms with Crippen LogP contribution in [0.2, 0.25) is 0 Å². The molecule has 0 N–H and O–H groups in total. The molecule has 1 aromatic rings. The fourth-order valence-corrected chi connectivity index (χ4v) is 23.7. The summed E-state index contributed by atoms with van der Waals surface area (Å²) in [6.07, 6.45) is 13.5. The van der Waals surface area contributed by atoms with Gasteiger partial charge >= 0.3 is 0 Å². The van der Waals surface area contributed by atoms with Crippen molar-refractivity contribution in [2.45, 2.75) is 129 Å². The zero-order valence-corrected chi connectivity index (χ0v) is 27.1. The number of hydrogen-bond donors (Lipinski definition) is 0. The average Bonchev–Trinajstić information content (AvgIpc) is 2.90. The highest BCUT2D eigenvalue weighted by Crippen LogP contribution is 2.79. The molecule has 1 rings (SSSR count). The lowest BCUT2D eigenvalue weighted by atomic mass is 10.4. The quantitative estimate of drug-likeness (QED) is 0.141. The molecule has 0 radical (unpaired) electrons. The monoisotopic (exact) mass is 558 g/mol. The maximum absolute atomic E-state index is 16.0. The SMILES string of the molecule is CCCCP(=O)(CCCC)[C@@H](CCC)P(=O)(c1ccccc1)[C@@H](CCC)P(=O)(CCCC)CCCC. The van der Waals surface area contributed by atoms with E-state index in [0.29, 0.717) is 37.5 Å². The van der Waals surface area contributed by atoms with Gasteiger partial charge in [0.05, 0.1) is 25.1 Å². The summed E-state index contributed by atoms with van der Waals surface area (Å²) in [5.41, 5.74) is 0. The van der Waals surface area contributed by atoms with E-state index in [1.165, 1.54) is 0 Å². The maximum atomic E-state index is 16.0. The minimum atomic E-state index is -3.26. The van der Waals surface area contributed by atoms with E-state index in [1.54, 1.807) is 0 Å². The van der Waals surface area contributed by atoms with E-state index in [9.17, 15) is 0 Å². The van der Waals surface area contributed by atoms with E-state index in [4.69, 9.17) is 0 Å². The molecule has 3 atom stereocenters. The fourth-order valence-electron chi connectivity index (χ4n) is 5.72. The average molecular weight is 559 g/mol. The van der Waals surface area contributed by atoms with Gasteiger partial charge in [-0.3, -0.25) is 0 Å². The van der Waals surface area contributed by atoms with Crippen molar-refractivity contribution in [2.75, 3.05) is 24.6 Å². The Hall–Kier alpha value is -0.0900. The highest BCUT2D eigenvalue weighted by atomic mass is 31.2. The summed E-state index contributed by atoms with van der Waals surface area (Å²) in [5, 5.41) is 0.149. The van der Waals surface area contributed by atoms with Crippen LogP contribution in [0.4, 0.5) is 0 Å². The van der Waals surface area contributed by atoms with E-state index in [2.05, 4.69) is 41.5 Å². The summed E-state index contributed by atoms with van der Waals surface area (Å²) in [7, 11) is -8.75. The van der Waals surface area contributed by atoms with Crippen LogP contribution in [-0.2, 0) is 13.7 Å². The van der Waals surface area contributed by atoms with E-state index < -0.39 is 21.4 Å². The molecule has 6 heteroatoms. The van der Waals surface area contributed by atoms with Gasteiger partial charge in [0.25, 0.3) is 0 Å². The fraction of sp³-hybridized carbons (Fsp3) is 0.800. The molecule has 0 saturated heterocycles. The molecule has 1 unspecified atom stereocenters. The smallest absolute Gasteiger partial charge is 0.135 e. The molecule has 0 aliphatic rings. The van der Waals surface area contributed by atoms with Gasteiger partial charge in [-0.05, 0) is 38.5 Å². The summed E-state index contributed by atoms with van der Waals surface area (Å²) < 4.78 is 46.1. The van der Waals surface area contributed by atoms with Gasteiger partial charge in [-0.1, -0.05) is 110 Å². The Balaban J connectivity index is 3.95. The van der Waals surface area contributed by atoms with Crippen molar-refractivity contribution in [1.29, 1.82) is 0 Å². The third kappa shape index (κ3) is 8.99. The summed E-state index contributed by atoms with van der Waals surface area (Å²) in [4.78, 5) is 0. The Labute approximate surface area is 224 Å². The van der Waals surface area contributed by atoms with Crippen LogP contribution in [0.15, 0.2) is 30.3 Å². The predicted molar refractivity (Wildman–Crippen MR) is 165 cm³/mol. The Morgan fingerprint density at radius 2 is 0.861 bits per heavy atom. The molecule has 0 aliphatic carbocycles. The van der Waals surface area contributed by atoms with Crippen LogP contribution >= 0.6 is 21.4 Å². The summed E-state index contributed by atoms with van der Waals surface area (Å²) in [6, 6.07) is 9.92. The zero-order valence-electron chi connectivity index (χ0n) is 24.4. The molecule has 0 amide bonds. The highest BCUT2D eigenvalue weighted by molar-refractivity contribution is 7.92. The normalized spacial score (nSPS) is 15.9. The minimum absolute atomic E-state index is 0.344. The number of benzene rings is 1. The maximum Gasteiger partial charge on any atom is 0.135 e. The lowest BCUT2D eigenvalue weighted by Crippen LogP contribution is -2.30. The second kappa shape index (κ2) is 17.5. The molecule has 1 aromatic carbocycles. The first-order valence-corrected chi connectivity index (χ1v) is 21.2. The molecular formula is C30H57O3P3.